The summed E-state index contributed by atoms with van der Waals surface area (Å²) in [5.74, 6) is 0.132. The lowest BCUT2D eigenvalue weighted by atomic mass is 9.75. The number of benzene rings is 1. The third kappa shape index (κ3) is 3.12. The number of carbonyl (C=O) groups is 1. The van der Waals surface area contributed by atoms with Gasteiger partial charge in [0, 0.05) is 30.0 Å². The highest BCUT2D eigenvalue weighted by atomic mass is 79.9. The van der Waals surface area contributed by atoms with E-state index < -0.39 is 0 Å². The van der Waals surface area contributed by atoms with Crippen LogP contribution in [0.4, 0.5) is 0 Å². The second kappa shape index (κ2) is 5.41. The Labute approximate surface area is 116 Å². The molecule has 0 radical (unpaired) electrons. The number of carbonyl (C=O) groups excluding carboxylic acids is 1. The van der Waals surface area contributed by atoms with Gasteiger partial charge in [0.1, 0.15) is 0 Å². The van der Waals surface area contributed by atoms with Crippen molar-refractivity contribution in [3.05, 3.63) is 34.3 Å². The van der Waals surface area contributed by atoms with Crippen LogP contribution in [0.2, 0.25) is 0 Å². The minimum Gasteiger partial charge on any atom is -0.341 e. The van der Waals surface area contributed by atoms with Crippen molar-refractivity contribution >= 4 is 21.8 Å². The summed E-state index contributed by atoms with van der Waals surface area (Å²) in [5, 5.41) is 0. The van der Waals surface area contributed by atoms with Crippen LogP contribution in [0.15, 0.2) is 28.7 Å². The van der Waals surface area contributed by atoms with Crippen molar-refractivity contribution in [3.8, 4) is 0 Å². The van der Waals surface area contributed by atoms with Crippen molar-refractivity contribution in [1.29, 1.82) is 0 Å². The summed E-state index contributed by atoms with van der Waals surface area (Å²) >= 11 is 3.50. The Morgan fingerprint density at radius 2 is 2.11 bits per heavy atom. The number of amides is 1. The summed E-state index contributed by atoms with van der Waals surface area (Å²) in [6.45, 7) is 0.621. The maximum atomic E-state index is 12.1. The first-order valence-corrected chi connectivity index (χ1v) is 7.06. The van der Waals surface area contributed by atoms with Gasteiger partial charge in [-0.3, -0.25) is 4.79 Å². The zero-order valence-corrected chi connectivity index (χ0v) is 12.2. The lowest BCUT2D eigenvalue weighted by molar-refractivity contribution is -0.132. The minimum atomic E-state index is -0.237. The zero-order valence-electron chi connectivity index (χ0n) is 10.7. The second-order valence-electron chi connectivity index (χ2n) is 5.23. The molecule has 2 N–H and O–H groups in total. The highest BCUT2D eigenvalue weighted by Crippen LogP contribution is 2.32. The fraction of sp³-hybridized carbons (Fsp3) is 0.500. The van der Waals surface area contributed by atoms with Gasteiger partial charge in [0.15, 0.2) is 0 Å². The molecule has 3 nitrogen and oxygen atoms in total. The van der Waals surface area contributed by atoms with Crippen molar-refractivity contribution in [2.45, 2.75) is 37.8 Å². The Bertz CT molecular complexity index is 443. The van der Waals surface area contributed by atoms with Gasteiger partial charge in [-0.25, -0.2) is 0 Å². The lowest BCUT2D eigenvalue weighted by Gasteiger charge is -2.38. The molecular weight excluding hydrogens is 292 g/mol. The number of rotatable bonds is 4. The Kier molecular flexibility index (Phi) is 4.07. The third-order valence-electron chi connectivity index (χ3n) is 3.64. The summed E-state index contributed by atoms with van der Waals surface area (Å²) in [6.07, 6.45) is 3.56. The molecular formula is C14H19BrN2O. The SMILES string of the molecule is CN(Cc1ccccc1Br)C(=O)CC1(N)CCC1. The lowest BCUT2D eigenvalue weighted by Crippen LogP contribution is -2.50. The predicted molar refractivity (Wildman–Crippen MR) is 76.0 cm³/mol. The number of hydrogen-bond acceptors (Lipinski definition) is 2. The molecule has 1 fully saturated rings. The van der Waals surface area contributed by atoms with E-state index in [1.165, 1.54) is 0 Å². The molecule has 0 spiro atoms. The molecule has 0 heterocycles. The largest absolute Gasteiger partial charge is 0.341 e. The maximum Gasteiger partial charge on any atom is 0.224 e. The number of hydrogen-bond donors (Lipinski definition) is 1. The maximum absolute atomic E-state index is 12.1. The summed E-state index contributed by atoms with van der Waals surface area (Å²) in [7, 11) is 1.84. The van der Waals surface area contributed by atoms with E-state index in [2.05, 4.69) is 15.9 Å². The molecule has 0 aliphatic heterocycles. The number of nitrogens with zero attached hydrogens (tertiary/aromatic N) is 1. The van der Waals surface area contributed by atoms with Crippen LogP contribution in [0.3, 0.4) is 0 Å². The fourth-order valence-corrected chi connectivity index (χ4v) is 2.62. The standard InChI is InChI=1S/C14H19BrN2O/c1-17(10-11-5-2-3-6-12(11)15)13(18)9-14(16)7-4-8-14/h2-3,5-6H,4,7-10,16H2,1H3. The van der Waals surface area contributed by atoms with Crippen molar-refractivity contribution in [1.82, 2.24) is 4.90 Å². The van der Waals surface area contributed by atoms with E-state index in [9.17, 15) is 4.79 Å². The van der Waals surface area contributed by atoms with E-state index in [0.29, 0.717) is 13.0 Å². The van der Waals surface area contributed by atoms with Gasteiger partial charge >= 0.3 is 0 Å². The van der Waals surface area contributed by atoms with Gasteiger partial charge < -0.3 is 10.6 Å². The van der Waals surface area contributed by atoms with E-state index in [-0.39, 0.29) is 11.4 Å². The minimum absolute atomic E-state index is 0.132. The monoisotopic (exact) mass is 310 g/mol. The normalized spacial score (nSPS) is 17.1. The first kappa shape index (κ1) is 13.6. The first-order chi connectivity index (χ1) is 8.50. The van der Waals surface area contributed by atoms with Gasteiger partial charge in [-0.15, -0.1) is 0 Å². The second-order valence-corrected chi connectivity index (χ2v) is 6.09. The van der Waals surface area contributed by atoms with Crippen molar-refractivity contribution in [2.75, 3.05) is 7.05 Å². The van der Waals surface area contributed by atoms with Crippen molar-refractivity contribution in [2.24, 2.45) is 5.73 Å². The molecule has 2 rings (SSSR count). The molecule has 0 bridgehead atoms. The summed E-state index contributed by atoms with van der Waals surface area (Å²) in [6, 6.07) is 7.97. The van der Waals surface area contributed by atoms with Gasteiger partial charge in [0.05, 0.1) is 0 Å². The van der Waals surface area contributed by atoms with Crippen LogP contribution in [-0.2, 0) is 11.3 Å². The summed E-state index contributed by atoms with van der Waals surface area (Å²) in [5.41, 5.74) is 6.99. The Hall–Kier alpha value is -0.870. The zero-order chi connectivity index (χ0) is 13.2. The number of halogens is 1. The molecule has 1 saturated carbocycles. The summed E-state index contributed by atoms with van der Waals surface area (Å²) < 4.78 is 1.04. The topological polar surface area (TPSA) is 46.3 Å². The Morgan fingerprint density at radius 3 is 2.67 bits per heavy atom. The molecule has 0 unspecified atom stereocenters. The Balaban J connectivity index is 1.93. The quantitative estimate of drug-likeness (QED) is 0.929. The Morgan fingerprint density at radius 1 is 1.44 bits per heavy atom. The molecule has 98 valence electrons. The molecule has 0 atom stereocenters. The molecule has 1 amide bonds. The van der Waals surface area contributed by atoms with E-state index in [1.54, 1.807) is 4.90 Å². The van der Waals surface area contributed by atoms with Gasteiger partial charge in [-0.2, -0.15) is 0 Å². The summed E-state index contributed by atoms with van der Waals surface area (Å²) in [4.78, 5) is 13.9. The third-order valence-corrected chi connectivity index (χ3v) is 4.42. The van der Waals surface area contributed by atoms with Crippen LogP contribution in [-0.4, -0.2) is 23.4 Å². The van der Waals surface area contributed by atoms with Crippen LogP contribution in [0.1, 0.15) is 31.2 Å². The molecule has 4 heteroatoms. The van der Waals surface area contributed by atoms with Crippen molar-refractivity contribution in [3.63, 3.8) is 0 Å². The van der Waals surface area contributed by atoms with Crippen LogP contribution in [0.25, 0.3) is 0 Å². The highest BCUT2D eigenvalue weighted by molar-refractivity contribution is 9.10. The molecule has 18 heavy (non-hydrogen) atoms. The molecule has 1 aromatic carbocycles. The van der Waals surface area contributed by atoms with Crippen LogP contribution in [0, 0.1) is 0 Å². The van der Waals surface area contributed by atoms with Gasteiger partial charge in [-0.1, -0.05) is 34.1 Å². The smallest absolute Gasteiger partial charge is 0.224 e. The van der Waals surface area contributed by atoms with E-state index >= 15 is 0 Å². The van der Waals surface area contributed by atoms with E-state index in [1.807, 2.05) is 31.3 Å². The number of nitrogens with two attached hydrogens (primary N) is 1. The fourth-order valence-electron chi connectivity index (χ4n) is 2.21. The predicted octanol–water partition coefficient (Wildman–Crippen LogP) is 2.68. The van der Waals surface area contributed by atoms with Crippen molar-refractivity contribution < 1.29 is 4.79 Å². The van der Waals surface area contributed by atoms with Gasteiger partial charge in [-0.05, 0) is 30.9 Å². The first-order valence-electron chi connectivity index (χ1n) is 6.26. The van der Waals surface area contributed by atoms with E-state index in [0.717, 1.165) is 29.3 Å². The van der Waals surface area contributed by atoms with Crippen LogP contribution >= 0.6 is 15.9 Å². The molecule has 1 aliphatic carbocycles. The average molecular weight is 311 g/mol. The van der Waals surface area contributed by atoms with Gasteiger partial charge in [0.2, 0.25) is 5.91 Å². The molecule has 0 saturated heterocycles. The molecule has 1 aliphatic rings. The van der Waals surface area contributed by atoms with Crippen LogP contribution in [0.5, 0.6) is 0 Å². The molecule has 1 aromatic rings. The average Bonchev–Trinajstić information content (AvgIpc) is 2.30. The van der Waals surface area contributed by atoms with Gasteiger partial charge in [0.25, 0.3) is 0 Å². The highest BCUT2D eigenvalue weighted by Gasteiger charge is 2.35. The van der Waals surface area contributed by atoms with Crippen LogP contribution < -0.4 is 5.73 Å². The van der Waals surface area contributed by atoms with E-state index in [4.69, 9.17) is 5.73 Å². The molecule has 0 aromatic heterocycles.